The predicted octanol–water partition coefficient (Wildman–Crippen LogP) is 2.11. The van der Waals surface area contributed by atoms with E-state index >= 15 is 0 Å². The number of hydrogen-bond acceptors (Lipinski definition) is 3. The standard InChI is InChI=1S/C16H24N2O/c1-13-3-4-14-5-6-16(19-15(14)11-13)7-10-18(12-16)9-2-8-17/h3-4,11H,2,5-10,12,17H2,1H3. The fourth-order valence-corrected chi connectivity index (χ4v) is 3.33. The van der Waals surface area contributed by atoms with Gasteiger partial charge in [-0.1, -0.05) is 12.1 Å². The average molecular weight is 260 g/mol. The summed E-state index contributed by atoms with van der Waals surface area (Å²) in [4.78, 5) is 2.51. The van der Waals surface area contributed by atoms with Gasteiger partial charge in [0.15, 0.2) is 0 Å². The van der Waals surface area contributed by atoms with Gasteiger partial charge in [0.25, 0.3) is 0 Å². The lowest BCUT2D eigenvalue weighted by Gasteiger charge is -2.36. The second kappa shape index (κ2) is 5.14. The van der Waals surface area contributed by atoms with Crippen molar-refractivity contribution < 1.29 is 4.74 Å². The lowest BCUT2D eigenvalue weighted by molar-refractivity contribution is 0.0544. The van der Waals surface area contributed by atoms with Crippen LogP contribution in [0.1, 0.15) is 30.4 Å². The smallest absolute Gasteiger partial charge is 0.123 e. The maximum Gasteiger partial charge on any atom is 0.123 e. The Bertz CT molecular complexity index is 460. The highest BCUT2D eigenvalue weighted by atomic mass is 16.5. The lowest BCUT2D eigenvalue weighted by atomic mass is 9.90. The van der Waals surface area contributed by atoms with Gasteiger partial charge in [-0.2, -0.15) is 0 Å². The molecule has 1 aromatic rings. The van der Waals surface area contributed by atoms with E-state index in [1.807, 2.05) is 0 Å². The molecule has 0 aromatic heterocycles. The Labute approximate surface area is 115 Å². The molecule has 104 valence electrons. The van der Waals surface area contributed by atoms with Crippen molar-refractivity contribution in [2.75, 3.05) is 26.2 Å². The van der Waals surface area contributed by atoms with Gasteiger partial charge in [0, 0.05) is 19.5 Å². The number of rotatable bonds is 3. The first-order valence-electron chi connectivity index (χ1n) is 7.42. The molecular formula is C16H24N2O. The van der Waals surface area contributed by atoms with Gasteiger partial charge in [-0.3, -0.25) is 4.90 Å². The van der Waals surface area contributed by atoms with Crippen molar-refractivity contribution >= 4 is 0 Å². The van der Waals surface area contributed by atoms with E-state index in [1.54, 1.807) is 0 Å². The molecule has 2 aliphatic rings. The summed E-state index contributed by atoms with van der Waals surface area (Å²) in [6.07, 6.45) is 4.55. The van der Waals surface area contributed by atoms with Crippen molar-refractivity contribution in [1.82, 2.24) is 4.90 Å². The van der Waals surface area contributed by atoms with Gasteiger partial charge in [-0.25, -0.2) is 0 Å². The fourth-order valence-electron chi connectivity index (χ4n) is 3.33. The molecule has 2 N–H and O–H groups in total. The van der Waals surface area contributed by atoms with E-state index < -0.39 is 0 Å². The van der Waals surface area contributed by atoms with Gasteiger partial charge >= 0.3 is 0 Å². The summed E-state index contributed by atoms with van der Waals surface area (Å²) in [6.45, 7) is 6.25. The van der Waals surface area contributed by atoms with E-state index in [1.165, 1.54) is 11.1 Å². The van der Waals surface area contributed by atoms with Crippen molar-refractivity contribution in [3.8, 4) is 5.75 Å². The van der Waals surface area contributed by atoms with Crippen LogP contribution in [0.4, 0.5) is 0 Å². The molecule has 0 bridgehead atoms. The number of hydrogen-bond donors (Lipinski definition) is 1. The molecule has 3 heteroatoms. The second-order valence-electron chi connectivity index (χ2n) is 6.06. The molecule has 2 heterocycles. The number of benzene rings is 1. The minimum absolute atomic E-state index is 0.0649. The van der Waals surface area contributed by atoms with Crippen LogP contribution in [0.5, 0.6) is 5.75 Å². The molecule has 0 saturated carbocycles. The van der Waals surface area contributed by atoms with E-state index in [2.05, 4.69) is 30.0 Å². The Kier molecular flexibility index (Phi) is 3.50. The largest absolute Gasteiger partial charge is 0.486 e. The normalized spacial score (nSPS) is 26.4. The predicted molar refractivity (Wildman–Crippen MR) is 77.6 cm³/mol. The topological polar surface area (TPSA) is 38.5 Å². The summed E-state index contributed by atoms with van der Waals surface area (Å²) < 4.78 is 6.40. The van der Waals surface area contributed by atoms with Crippen molar-refractivity contribution in [3.63, 3.8) is 0 Å². The van der Waals surface area contributed by atoms with Crippen LogP contribution in [-0.2, 0) is 6.42 Å². The van der Waals surface area contributed by atoms with E-state index in [0.717, 1.165) is 57.6 Å². The summed E-state index contributed by atoms with van der Waals surface area (Å²) in [6, 6.07) is 6.60. The van der Waals surface area contributed by atoms with Gasteiger partial charge < -0.3 is 10.5 Å². The minimum Gasteiger partial charge on any atom is -0.486 e. The average Bonchev–Trinajstić information content (AvgIpc) is 2.79. The maximum absolute atomic E-state index is 6.40. The number of likely N-dealkylation sites (tertiary alicyclic amines) is 1. The molecule has 2 aliphatic heterocycles. The van der Waals surface area contributed by atoms with Crippen molar-refractivity contribution in [2.45, 2.75) is 38.2 Å². The molecule has 1 unspecified atom stereocenters. The van der Waals surface area contributed by atoms with Crippen LogP contribution in [0.3, 0.4) is 0 Å². The number of nitrogens with two attached hydrogens (primary N) is 1. The minimum atomic E-state index is 0.0649. The van der Waals surface area contributed by atoms with E-state index in [-0.39, 0.29) is 5.60 Å². The zero-order valence-corrected chi connectivity index (χ0v) is 11.8. The molecule has 1 saturated heterocycles. The highest BCUT2D eigenvalue weighted by Gasteiger charge is 2.42. The van der Waals surface area contributed by atoms with Gasteiger partial charge in [0.1, 0.15) is 11.4 Å². The van der Waals surface area contributed by atoms with Gasteiger partial charge in [-0.05, 0) is 56.5 Å². The Morgan fingerprint density at radius 1 is 1.37 bits per heavy atom. The van der Waals surface area contributed by atoms with Gasteiger partial charge in [0.2, 0.25) is 0 Å². The van der Waals surface area contributed by atoms with Crippen molar-refractivity contribution in [2.24, 2.45) is 5.73 Å². The molecule has 3 rings (SSSR count). The molecule has 0 radical (unpaired) electrons. The molecule has 1 spiro atoms. The quantitative estimate of drug-likeness (QED) is 0.904. The third kappa shape index (κ3) is 2.63. The highest BCUT2D eigenvalue weighted by Crippen LogP contribution is 2.39. The van der Waals surface area contributed by atoms with E-state index in [4.69, 9.17) is 10.5 Å². The molecule has 1 atom stereocenters. The lowest BCUT2D eigenvalue weighted by Crippen LogP contribution is -2.42. The zero-order chi connectivity index (χ0) is 13.3. The van der Waals surface area contributed by atoms with Crippen LogP contribution in [0.2, 0.25) is 0 Å². The summed E-state index contributed by atoms with van der Waals surface area (Å²) in [7, 11) is 0. The number of ether oxygens (including phenoxy) is 1. The first kappa shape index (κ1) is 12.9. The van der Waals surface area contributed by atoms with Gasteiger partial charge in [0.05, 0.1) is 0 Å². The SMILES string of the molecule is Cc1ccc2c(c1)OC1(CC2)CCN(CCCN)C1. The summed E-state index contributed by atoms with van der Waals surface area (Å²) >= 11 is 0. The van der Waals surface area contributed by atoms with E-state index in [9.17, 15) is 0 Å². The van der Waals surface area contributed by atoms with Gasteiger partial charge in [-0.15, -0.1) is 0 Å². The monoisotopic (exact) mass is 260 g/mol. The molecule has 19 heavy (non-hydrogen) atoms. The van der Waals surface area contributed by atoms with Crippen LogP contribution in [-0.4, -0.2) is 36.7 Å². The molecule has 1 aromatic carbocycles. The molecule has 1 fully saturated rings. The molecule has 3 nitrogen and oxygen atoms in total. The van der Waals surface area contributed by atoms with E-state index in [0.29, 0.717) is 0 Å². The summed E-state index contributed by atoms with van der Waals surface area (Å²) in [5.41, 5.74) is 8.32. The zero-order valence-electron chi connectivity index (χ0n) is 11.8. The number of nitrogens with zero attached hydrogens (tertiary/aromatic N) is 1. The Balaban J connectivity index is 1.71. The van der Waals surface area contributed by atoms with Crippen LogP contribution < -0.4 is 10.5 Å². The summed E-state index contributed by atoms with van der Waals surface area (Å²) in [5, 5.41) is 0. The summed E-state index contributed by atoms with van der Waals surface area (Å²) in [5.74, 6) is 1.12. The third-order valence-corrected chi connectivity index (χ3v) is 4.47. The first-order chi connectivity index (χ1) is 9.21. The van der Waals surface area contributed by atoms with Crippen LogP contribution in [0, 0.1) is 6.92 Å². The Hall–Kier alpha value is -1.06. The van der Waals surface area contributed by atoms with Crippen LogP contribution in [0.15, 0.2) is 18.2 Å². The van der Waals surface area contributed by atoms with Crippen LogP contribution in [0.25, 0.3) is 0 Å². The first-order valence-corrected chi connectivity index (χ1v) is 7.42. The maximum atomic E-state index is 6.40. The molecule has 0 amide bonds. The second-order valence-corrected chi connectivity index (χ2v) is 6.06. The number of fused-ring (bicyclic) bond motifs is 1. The highest BCUT2D eigenvalue weighted by molar-refractivity contribution is 5.39. The van der Waals surface area contributed by atoms with Crippen molar-refractivity contribution in [3.05, 3.63) is 29.3 Å². The molecule has 0 aliphatic carbocycles. The molecular weight excluding hydrogens is 236 g/mol. The van der Waals surface area contributed by atoms with Crippen molar-refractivity contribution in [1.29, 1.82) is 0 Å². The van der Waals surface area contributed by atoms with Crippen LogP contribution >= 0.6 is 0 Å². The third-order valence-electron chi connectivity index (χ3n) is 4.47. The Morgan fingerprint density at radius 2 is 2.26 bits per heavy atom. The Morgan fingerprint density at radius 3 is 3.11 bits per heavy atom. The fraction of sp³-hybridized carbons (Fsp3) is 0.625. The number of aryl methyl sites for hydroxylation is 2.